The summed E-state index contributed by atoms with van der Waals surface area (Å²) in [6, 6.07) is 1.53. The number of aromatic hydroxyl groups is 1. The van der Waals surface area contributed by atoms with E-state index in [1.165, 1.54) is 0 Å². The maximum Gasteiger partial charge on any atom is 0.318 e. The summed E-state index contributed by atoms with van der Waals surface area (Å²) in [5.41, 5.74) is -1.68. The molecule has 1 fully saturated rings. The second kappa shape index (κ2) is 5.20. The summed E-state index contributed by atoms with van der Waals surface area (Å²) in [6.07, 6.45) is 1.05. The van der Waals surface area contributed by atoms with Crippen LogP contribution >= 0.6 is 11.8 Å². The van der Waals surface area contributed by atoms with Crippen LogP contribution in [0, 0.1) is 25.6 Å². The summed E-state index contributed by atoms with van der Waals surface area (Å²) < 4.78 is 0. The Balaban J connectivity index is 2.60. The lowest BCUT2D eigenvalue weighted by atomic mass is 10.1. The van der Waals surface area contributed by atoms with Crippen molar-refractivity contribution in [3.63, 3.8) is 0 Å². The molecule has 1 amide bonds. The van der Waals surface area contributed by atoms with Gasteiger partial charge in [0, 0.05) is 11.6 Å². The Bertz CT molecular complexity index is 729. The number of carbonyl (C=O) groups excluding carboxylic acids is 1. The highest BCUT2D eigenvalue weighted by atomic mass is 32.2. The topological polar surface area (TPSA) is 159 Å². The minimum atomic E-state index is -0.964. The third kappa shape index (κ3) is 2.81. The zero-order valence-corrected chi connectivity index (χ0v) is 10.8. The first-order chi connectivity index (χ1) is 9.79. The van der Waals surface area contributed by atoms with Crippen molar-refractivity contribution in [2.24, 2.45) is 0 Å². The van der Waals surface area contributed by atoms with Gasteiger partial charge >= 0.3 is 5.69 Å². The van der Waals surface area contributed by atoms with Gasteiger partial charge in [-0.15, -0.1) is 0 Å². The van der Waals surface area contributed by atoms with Crippen molar-refractivity contribution in [2.45, 2.75) is 0 Å². The molecule has 0 bridgehead atoms. The summed E-state index contributed by atoms with van der Waals surface area (Å²) in [6.45, 7) is 0. The van der Waals surface area contributed by atoms with E-state index in [0.29, 0.717) is 6.07 Å². The quantitative estimate of drug-likeness (QED) is 0.431. The smallest absolute Gasteiger partial charge is 0.318 e. The number of rotatable bonds is 3. The first-order valence-electron chi connectivity index (χ1n) is 5.25. The number of phenolic OH excluding ortho intramolecular Hbond substituents is 1. The molecule has 21 heavy (non-hydrogen) atoms. The van der Waals surface area contributed by atoms with Crippen molar-refractivity contribution in [3.8, 4) is 5.75 Å². The number of nitro groups is 2. The van der Waals surface area contributed by atoms with Crippen LogP contribution in [0.3, 0.4) is 0 Å². The number of amidine groups is 1. The summed E-state index contributed by atoms with van der Waals surface area (Å²) in [5.74, 6) is -1.41. The number of non-ortho nitro benzene ring substituents is 1. The normalized spacial score (nSPS) is 16.1. The van der Waals surface area contributed by atoms with E-state index in [1.54, 1.807) is 0 Å². The van der Waals surface area contributed by atoms with E-state index in [1.807, 2.05) is 0 Å². The molecule has 11 heteroatoms. The summed E-state index contributed by atoms with van der Waals surface area (Å²) in [4.78, 5) is 31.2. The second-order valence-electron chi connectivity index (χ2n) is 3.81. The Morgan fingerprint density at radius 1 is 1.29 bits per heavy atom. The van der Waals surface area contributed by atoms with Crippen molar-refractivity contribution >= 4 is 40.3 Å². The number of benzene rings is 1. The molecule has 0 spiro atoms. The molecule has 1 aliphatic rings. The number of nitro benzene ring substituents is 2. The van der Waals surface area contributed by atoms with Gasteiger partial charge in [-0.25, -0.2) is 0 Å². The Kier molecular flexibility index (Phi) is 3.58. The van der Waals surface area contributed by atoms with E-state index in [-0.39, 0.29) is 15.6 Å². The minimum Gasteiger partial charge on any atom is -0.502 e. The molecule has 1 aromatic carbocycles. The highest BCUT2D eigenvalue weighted by Crippen LogP contribution is 2.37. The molecule has 0 atom stereocenters. The lowest BCUT2D eigenvalue weighted by molar-refractivity contribution is -0.394. The van der Waals surface area contributed by atoms with Crippen LogP contribution in [0.4, 0.5) is 11.4 Å². The van der Waals surface area contributed by atoms with E-state index < -0.39 is 32.9 Å². The van der Waals surface area contributed by atoms with Gasteiger partial charge < -0.3 is 10.4 Å². The van der Waals surface area contributed by atoms with Crippen LogP contribution in [0.1, 0.15) is 5.56 Å². The molecule has 0 saturated carbocycles. The number of nitrogens with one attached hydrogen (secondary N) is 2. The zero-order valence-electron chi connectivity index (χ0n) is 10.0. The van der Waals surface area contributed by atoms with Gasteiger partial charge in [-0.1, -0.05) is 0 Å². The van der Waals surface area contributed by atoms with E-state index in [4.69, 9.17) is 5.41 Å². The van der Waals surface area contributed by atoms with Crippen molar-refractivity contribution in [1.82, 2.24) is 5.32 Å². The van der Waals surface area contributed by atoms with Crippen LogP contribution in [-0.4, -0.2) is 26.0 Å². The number of nitrogens with zero attached hydrogens (tertiary/aromatic N) is 2. The van der Waals surface area contributed by atoms with Gasteiger partial charge in [0.05, 0.1) is 20.8 Å². The fourth-order valence-electron chi connectivity index (χ4n) is 1.56. The van der Waals surface area contributed by atoms with Crippen LogP contribution in [0.25, 0.3) is 6.08 Å². The van der Waals surface area contributed by atoms with Gasteiger partial charge in [0.2, 0.25) is 5.75 Å². The predicted octanol–water partition coefficient (Wildman–Crippen LogP) is 1.35. The first-order valence-corrected chi connectivity index (χ1v) is 6.06. The maximum atomic E-state index is 11.4. The molecule has 0 unspecified atom stereocenters. The molecule has 1 aromatic rings. The predicted molar refractivity (Wildman–Crippen MR) is 72.9 cm³/mol. The van der Waals surface area contributed by atoms with Crippen LogP contribution in [0.15, 0.2) is 17.0 Å². The average molecular weight is 310 g/mol. The Morgan fingerprint density at radius 3 is 2.43 bits per heavy atom. The van der Waals surface area contributed by atoms with Gasteiger partial charge in [0.15, 0.2) is 5.17 Å². The third-order valence-corrected chi connectivity index (χ3v) is 3.29. The number of thioether (sulfide) groups is 1. The second-order valence-corrected chi connectivity index (χ2v) is 4.86. The van der Waals surface area contributed by atoms with Gasteiger partial charge in [-0.2, -0.15) is 0 Å². The van der Waals surface area contributed by atoms with Crippen LogP contribution in [0.5, 0.6) is 5.75 Å². The SMILES string of the molecule is N=C1NC(=O)/C(=C\c2cc([N+](=O)[O-])cc([N+](=O)[O-])c2O)S1. The lowest BCUT2D eigenvalue weighted by Gasteiger charge is -2.02. The largest absolute Gasteiger partial charge is 0.502 e. The number of hydrogen-bond acceptors (Lipinski definition) is 8. The molecule has 1 heterocycles. The Hall–Kier alpha value is -2.95. The zero-order chi connectivity index (χ0) is 15.7. The first kappa shape index (κ1) is 14.5. The minimum absolute atomic E-state index is 0.00917. The lowest BCUT2D eigenvalue weighted by Crippen LogP contribution is -2.18. The number of amides is 1. The molecule has 0 radical (unpaired) electrons. The van der Waals surface area contributed by atoms with Crippen molar-refractivity contribution in [3.05, 3.63) is 42.8 Å². The van der Waals surface area contributed by atoms with Crippen LogP contribution in [0.2, 0.25) is 0 Å². The summed E-state index contributed by atoms with van der Waals surface area (Å²) >= 11 is 0.739. The molecule has 1 saturated heterocycles. The van der Waals surface area contributed by atoms with Crippen molar-refractivity contribution in [2.75, 3.05) is 0 Å². The molecule has 0 aromatic heterocycles. The highest BCUT2D eigenvalue weighted by molar-refractivity contribution is 8.18. The van der Waals surface area contributed by atoms with Gasteiger partial charge in [-0.05, 0) is 17.8 Å². The fourth-order valence-corrected chi connectivity index (χ4v) is 2.26. The highest BCUT2D eigenvalue weighted by Gasteiger charge is 2.26. The van der Waals surface area contributed by atoms with E-state index in [0.717, 1.165) is 23.9 Å². The molecule has 108 valence electrons. The van der Waals surface area contributed by atoms with E-state index in [9.17, 15) is 30.1 Å². The molecule has 10 nitrogen and oxygen atoms in total. The molecular formula is C10H6N4O6S. The van der Waals surface area contributed by atoms with Gasteiger partial charge in [0.25, 0.3) is 11.6 Å². The number of carbonyl (C=O) groups is 1. The van der Waals surface area contributed by atoms with Crippen molar-refractivity contribution < 1.29 is 19.7 Å². The van der Waals surface area contributed by atoms with Crippen LogP contribution in [-0.2, 0) is 4.79 Å². The Morgan fingerprint density at radius 2 is 1.95 bits per heavy atom. The number of hydrogen-bond donors (Lipinski definition) is 3. The molecule has 3 N–H and O–H groups in total. The number of phenols is 1. The van der Waals surface area contributed by atoms with E-state index in [2.05, 4.69) is 5.32 Å². The van der Waals surface area contributed by atoms with Gasteiger partial charge in [0.1, 0.15) is 0 Å². The third-order valence-electron chi connectivity index (χ3n) is 2.46. The maximum absolute atomic E-state index is 11.4. The summed E-state index contributed by atoms with van der Waals surface area (Å²) in [7, 11) is 0. The fraction of sp³-hybridized carbons (Fsp3) is 0. The standard InChI is InChI=1S/C10H6N4O6S/c11-10-12-9(16)7(21-10)2-4-1-5(13(17)18)3-6(8(4)15)14(19)20/h1-3,15H,(H2,11,12,16)/b7-2+. The monoisotopic (exact) mass is 310 g/mol. The van der Waals surface area contributed by atoms with Crippen molar-refractivity contribution in [1.29, 1.82) is 5.41 Å². The summed E-state index contributed by atoms with van der Waals surface area (Å²) in [5, 5.41) is 40.6. The van der Waals surface area contributed by atoms with Crippen LogP contribution < -0.4 is 5.32 Å². The molecule has 1 aliphatic heterocycles. The molecule has 2 rings (SSSR count). The average Bonchev–Trinajstić information content (AvgIpc) is 2.69. The Labute approximate surface area is 120 Å². The van der Waals surface area contributed by atoms with Gasteiger partial charge in [-0.3, -0.25) is 30.4 Å². The van der Waals surface area contributed by atoms with E-state index >= 15 is 0 Å². The molecule has 0 aliphatic carbocycles. The molecular weight excluding hydrogens is 304 g/mol.